The number of carbonyl (C=O) groups excluding carboxylic acids is 1. The summed E-state index contributed by atoms with van der Waals surface area (Å²) in [6, 6.07) is 7.68. The van der Waals surface area contributed by atoms with Crippen LogP contribution in [0.3, 0.4) is 0 Å². The van der Waals surface area contributed by atoms with Crippen LogP contribution in [0.5, 0.6) is 5.75 Å². The highest BCUT2D eigenvalue weighted by Gasteiger charge is 2.57. The van der Waals surface area contributed by atoms with E-state index in [1.807, 2.05) is 31.2 Å². The van der Waals surface area contributed by atoms with Crippen molar-refractivity contribution in [2.45, 2.75) is 56.2 Å². The van der Waals surface area contributed by atoms with Gasteiger partial charge in [0, 0.05) is 16.4 Å². The molecule has 4 fully saturated rings. The van der Waals surface area contributed by atoms with Crippen LogP contribution in [0.15, 0.2) is 24.3 Å². The average molecular weight is 392 g/mol. The molecule has 1 amide bonds. The molecule has 0 radical (unpaired) electrons. The molecule has 130 valence electrons. The Bertz CT molecular complexity index is 613. The number of hydrogen-bond acceptors (Lipinski definition) is 2. The molecule has 3 nitrogen and oxygen atoms in total. The van der Waals surface area contributed by atoms with Gasteiger partial charge in [0.2, 0.25) is 5.91 Å². The van der Waals surface area contributed by atoms with Crippen LogP contribution < -0.4 is 10.1 Å². The Labute approximate surface area is 152 Å². The summed E-state index contributed by atoms with van der Waals surface area (Å²) in [5, 5.41) is 3.09. The zero-order valence-electron chi connectivity index (χ0n) is 14.3. The van der Waals surface area contributed by atoms with Crippen molar-refractivity contribution in [1.82, 2.24) is 0 Å². The molecule has 4 atom stereocenters. The summed E-state index contributed by atoms with van der Waals surface area (Å²) in [6.07, 6.45) is 8.33. The van der Waals surface area contributed by atoms with Crippen LogP contribution in [0.1, 0.15) is 51.9 Å². The second kappa shape index (κ2) is 6.05. The molecule has 0 aromatic heterocycles. The van der Waals surface area contributed by atoms with E-state index < -0.39 is 0 Å². The highest BCUT2D eigenvalue weighted by molar-refractivity contribution is 9.10. The Morgan fingerprint density at radius 3 is 2.46 bits per heavy atom. The Balaban J connectivity index is 1.41. The van der Waals surface area contributed by atoms with E-state index in [2.05, 4.69) is 21.2 Å². The number of rotatable bonds is 5. The first kappa shape index (κ1) is 16.4. The molecular formula is C20H26BrNO2. The smallest absolute Gasteiger partial charge is 0.224 e. The number of nitrogens with one attached hydrogen (secondary N) is 1. The number of ether oxygens (including phenoxy) is 1. The molecule has 4 heteroatoms. The second-order valence-electron chi connectivity index (χ2n) is 8.29. The van der Waals surface area contributed by atoms with E-state index in [-0.39, 0.29) is 11.3 Å². The molecule has 0 spiro atoms. The Hall–Kier alpha value is -1.03. The summed E-state index contributed by atoms with van der Waals surface area (Å²) in [6.45, 7) is 2.63. The van der Waals surface area contributed by atoms with Crippen LogP contribution in [0, 0.1) is 17.3 Å². The van der Waals surface area contributed by atoms with Gasteiger partial charge in [0.05, 0.1) is 6.61 Å². The van der Waals surface area contributed by atoms with Crippen molar-refractivity contribution < 1.29 is 9.53 Å². The maximum Gasteiger partial charge on any atom is 0.224 e. The minimum Gasteiger partial charge on any atom is -0.494 e. The van der Waals surface area contributed by atoms with Crippen LogP contribution in [-0.4, -0.2) is 16.8 Å². The number of benzene rings is 1. The number of anilines is 1. The predicted octanol–water partition coefficient (Wildman–Crippen LogP) is 5.15. The first-order chi connectivity index (χ1) is 11.5. The lowest BCUT2D eigenvalue weighted by atomic mass is 9.48. The van der Waals surface area contributed by atoms with Crippen LogP contribution in [-0.2, 0) is 4.79 Å². The summed E-state index contributed by atoms with van der Waals surface area (Å²) in [5.41, 5.74) is 1.09. The third-order valence-corrected chi connectivity index (χ3v) is 7.02. The lowest BCUT2D eigenvalue weighted by Gasteiger charge is -2.60. The maximum absolute atomic E-state index is 12.7. The van der Waals surface area contributed by atoms with Crippen LogP contribution in [0.4, 0.5) is 5.69 Å². The maximum atomic E-state index is 12.7. The van der Waals surface area contributed by atoms with Gasteiger partial charge in [-0.05, 0) is 87.0 Å². The monoisotopic (exact) mass is 391 g/mol. The van der Waals surface area contributed by atoms with Crippen LogP contribution in [0.2, 0.25) is 0 Å². The molecule has 1 N–H and O–H groups in total. The van der Waals surface area contributed by atoms with Gasteiger partial charge < -0.3 is 10.1 Å². The first-order valence-corrected chi connectivity index (χ1v) is 9.99. The Morgan fingerprint density at radius 1 is 1.21 bits per heavy atom. The topological polar surface area (TPSA) is 38.3 Å². The number of amides is 1. The van der Waals surface area contributed by atoms with Crippen molar-refractivity contribution in [1.29, 1.82) is 0 Å². The first-order valence-electron chi connectivity index (χ1n) is 9.19. The van der Waals surface area contributed by atoms with Gasteiger partial charge in [0.1, 0.15) is 5.75 Å². The van der Waals surface area contributed by atoms with Gasteiger partial charge in [-0.15, -0.1) is 0 Å². The Morgan fingerprint density at radius 2 is 1.88 bits per heavy atom. The minimum absolute atomic E-state index is 0.164. The van der Waals surface area contributed by atoms with Crippen molar-refractivity contribution in [2.24, 2.45) is 17.3 Å². The van der Waals surface area contributed by atoms with E-state index in [0.717, 1.165) is 23.3 Å². The van der Waals surface area contributed by atoms with E-state index in [1.54, 1.807) is 0 Å². The second-order valence-corrected chi connectivity index (χ2v) is 9.98. The van der Waals surface area contributed by atoms with Crippen LogP contribution >= 0.6 is 15.9 Å². The van der Waals surface area contributed by atoms with E-state index in [4.69, 9.17) is 4.74 Å². The van der Waals surface area contributed by atoms with Gasteiger partial charge in [-0.1, -0.05) is 15.9 Å². The zero-order chi connectivity index (χ0) is 16.8. The average Bonchev–Trinajstić information content (AvgIpc) is 2.46. The number of alkyl halides is 1. The summed E-state index contributed by atoms with van der Waals surface area (Å²) in [7, 11) is 0. The predicted molar refractivity (Wildman–Crippen MR) is 99.6 cm³/mol. The molecule has 2 unspecified atom stereocenters. The fraction of sp³-hybridized carbons (Fsp3) is 0.650. The van der Waals surface area contributed by atoms with Crippen molar-refractivity contribution in [3.05, 3.63) is 24.3 Å². The summed E-state index contributed by atoms with van der Waals surface area (Å²) < 4.78 is 5.77. The molecule has 4 bridgehead atoms. The Kier molecular flexibility index (Phi) is 4.14. The fourth-order valence-electron chi connectivity index (χ4n) is 5.89. The van der Waals surface area contributed by atoms with Crippen LogP contribution in [0.25, 0.3) is 0 Å². The third kappa shape index (κ3) is 3.22. The highest BCUT2D eigenvalue weighted by atomic mass is 79.9. The quantitative estimate of drug-likeness (QED) is 0.704. The largest absolute Gasteiger partial charge is 0.494 e. The van der Waals surface area contributed by atoms with E-state index in [9.17, 15) is 4.79 Å². The molecule has 4 aliphatic rings. The lowest BCUT2D eigenvalue weighted by molar-refractivity contribution is -0.123. The molecule has 4 aliphatic carbocycles. The number of hydrogen-bond donors (Lipinski definition) is 1. The molecule has 0 aliphatic heterocycles. The van der Waals surface area contributed by atoms with Crippen molar-refractivity contribution in [3.63, 3.8) is 0 Å². The lowest BCUT2D eigenvalue weighted by Crippen LogP contribution is -2.53. The van der Waals surface area contributed by atoms with Gasteiger partial charge in [-0.25, -0.2) is 0 Å². The standard InChI is InChI=1S/C20H26BrNO2/c1-2-24-17-5-3-16(4-6-17)22-18(23)12-19-8-14-7-15(9-19)11-20(21,10-14)13-19/h3-6,14-15H,2,7-13H2,1H3,(H,22,23)/t14-,15+,19?,20?. The van der Waals surface area contributed by atoms with Gasteiger partial charge in [-0.3, -0.25) is 4.79 Å². The third-order valence-electron chi connectivity index (χ3n) is 6.10. The van der Waals surface area contributed by atoms with Crippen molar-refractivity contribution in [3.8, 4) is 5.75 Å². The SMILES string of the molecule is CCOc1ccc(NC(=O)CC23C[C@@H]4C[C@@H](CC(Br)(C4)C2)C3)cc1. The molecule has 1 aromatic rings. The molecule has 5 rings (SSSR count). The fourth-order valence-corrected chi connectivity index (χ4v) is 7.40. The molecule has 4 saturated carbocycles. The molecule has 24 heavy (non-hydrogen) atoms. The van der Waals surface area contributed by atoms with Gasteiger partial charge >= 0.3 is 0 Å². The number of carbonyl (C=O) groups is 1. The normalized spacial score (nSPS) is 36.6. The van der Waals surface area contributed by atoms with E-state index >= 15 is 0 Å². The zero-order valence-corrected chi connectivity index (χ0v) is 15.9. The van der Waals surface area contributed by atoms with E-state index in [1.165, 1.54) is 38.5 Å². The van der Waals surface area contributed by atoms with Crippen molar-refractivity contribution >= 4 is 27.5 Å². The van der Waals surface area contributed by atoms with Gasteiger partial charge in [-0.2, -0.15) is 0 Å². The summed E-state index contributed by atoms with van der Waals surface area (Å²) in [5.74, 6) is 2.66. The summed E-state index contributed by atoms with van der Waals surface area (Å²) >= 11 is 4.03. The molecular weight excluding hydrogens is 366 g/mol. The number of halogens is 1. The van der Waals surface area contributed by atoms with Gasteiger partial charge in [0.15, 0.2) is 0 Å². The molecule has 0 heterocycles. The van der Waals surface area contributed by atoms with Gasteiger partial charge in [0.25, 0.3) is 0 Å². The molecule has 1 aromatic carbocycles. The minimum atomic E-state index is 0.164. The van der Waals surface area contributed by atoms with E-state index in [0.29, 0.717) is 17.4 Å². The van der Waals surface area contributed by atoms with Crippen molar-refractivity contribution in [2.75, 3.05) is 11.9 Å². The highest BCUT2D eigenvalue weighted by Crippen LogP contribution is 2.65. The molecule has 0 saturated heterocycles. The summed E-state index contributed by atoms with van der Waals surface area (Å²) in [4.78, 5) is 12.7.